The molecule has 252 valence electrons. The molecule has 1 atom stereocenters. The summed E-state index contributed by atoms with van der Waals surface area (Å²) in [4.78, 5) is 49.9. The molecule has 4 N–H and O–H groups in total. The number of amides is 2. The number of piperazine rings is 1. The van der Waals surface area contributed by atoms with Crippen molar-refractivity contribution < 1.29 is 9.59 Å². The number of nitrogen functional groups attached to an aromatic ring is 1. The second kappa shape index (κ2) is 15.0. The van der Waals surface area contributed by atoms with Crippen LogP contribution < -0.4 is 16.7 Å². The molecule has 0 aliphatic carbocycles. The van der Waals surface area contributed by atoms with Gasteiger partial charge in [-0.2, -0.15) is 0 Å². The molecule has 3 saturated heterocycles. The van der Waals surface area contributed by atoms with Crippen molar-refractivity contribution in [1.82, 2.24) is 34.8 Å². The number of benzene rings is 2. The van der Waals surface area contributed by atoms with Gasteiger partial charge in [-0.25, -0.2) is 9.48 Å². The maximum atomic E-state index is 14.1. The van der Waals surface area contributed by atoms with Crippen LogP contribution in [0.3, 0.4) is 0 Å². The van der Waals surface area contributed by atoms with Crippen LogP contribution in [0.15, 0.2) is 47.3 Å². The van der Waals surface area contributed by atoms with E-state index < -0.39 is 5.92 Å². The SMILES string of the molecule is CCc1cc(C[C@@H](CC(=O)N2CCC(n3nc(-c4ccccc4)[nH]c3=O)CC2)C(=O)N2CCC(N3CCNCC3)CC2)cc(Cl)c1N. The fraction of sp³-hybridized carbons (Fsp3) is 0.543. The van der Waals surface area contributed by atoms with Crippen LogP contribution in [0.4, 0.5) is 5.69 Å². The summed E-state index contributed by atoms with van der Waals surface area (Å²) in [7, 11) is 0. The lowest BCUT2D eigenvalue weighted by molar-refractivity contribution is -0.143. The molecule has 0 bridgehead atoms. The number of carbonyl (C=O) groups is 2. The van der Waals surface area contributed by atoms with Gasteiger partial charge in [0.1, 0.15) is 0 Å². The van der Waals surface area contributed by atoms with Gasteiger partial charge in [-0.1, -0.05) is 54.9 Å². The number of piperidine rings is 2. The fourth-order valence-corrected chi connectivity index (χ4v) is 7.71. The number of likely N-dealkylation sites (tertiary alicyclic amines) is 2. The topological polar surface area (TPSA) is 133 Å². The smallest absolute Gasteiger partial charge is 0.343 e. The largest absolute Gasteiger partial charge is 0.397 e. The van der Waals surface area contributed by atoms with Crippen molar-refractivity contribution in [2.24, 2.45) is 5.92 Å². The summed E-state index contributed by atoms with van der Waals surface area (Å²) in [6.07, 6.45) is 4.43. The number of nitrogens with zero attached hydrogens (tertiary/aromatic N) is 5. The molecule has 2 aromatic carbocycles. The zero-order valence-electron chi connectivity index (χ0n) is 27.3. The minimum atomic E-state index is -0.497. The third kappa shape index (κ3) is 7.74. The van der Waals surface area contributed by atoms with Crippen LogP contribution in [0.25, 0.3) is 11.4 Å². The highest BCUT2D eigenvalue weighted by Crippen LogP contribution is 2.30. The Labute approximate surface area is 281 Å². The Morgan fingerprint density at radius 3 is 2.30 bits per heavy atom. The number of carbonyl (C=O) groups excluding carboxylic acids is 2. The molecule has 47 heavy (non-hydrogen) atoms. The first-order valence-corrected chi connectivity index (χ1v) is 17.5. The third-order valence-electron chi connectivity index (χ3n) is 10.2. The van der Waals surface area contributed by atoms with Crippen molar-refractivity contribution in [3.05, 3.63) is 69.1 Å². The molecule has 0 radical (unpaired) electrons. The lowest BCUT2D eigenvalue weighted by Crippen LogP contribution is -2.53. The van der Waals surface area contributed by atoms with Crippen LogP contribution in [0.2, 0.25) is 5.02 Å². The van der Waals surface area contributed by atoms with E-state index in [0.29, 0.717) is 68.0 Å². The zero-order chi connectivity index (χ0) is 32.9. The number of rotatable bonds is 9. The molecule has 4 heterocycles. The maximum absolute atomic E-state index is 14.1. The van der Waals surface area contributed by atoms with Gasteiger partial charge in [-0.05, 0) is 55.7 Å². The predicted octanol–water partition coefficient (Wildman–Crippen LogP) is 3.35. The number of H-pyrrole nitrogens is 1. The average Bonchev–Trinajstić information content (AvgIpc) is 3.51. The van der Waals surface area contributed by atoms with E-state index in [-0.39, 0.29) is 30.0 Å². The molecule has 0 saturated carbocycles. The first-order valence-electron chi connectivity index (χ1n) is 17.1. The van der Waals surface area contributed by atoms with Crippen LogP contribution in [0.5, 0.6) is 0 Å². The highest BCUT2D eigenvalue weighted by Gasteiger charge is 2.34. The van der Waals surface area contributed by atoms with Gasteiger partial charge in [0, 0.05) is 70.4 Å². The zero-order valence-corrected chi connectivity index (χ0v) is 28.1. The van der Waals surface area contributed by atoms with Gasteiger partial charge >= 0.3 is 5.69 Å². The van der Waals surface area contributed by atoms with E-state index in [1.807, 2.05) is 59.2 Å². The number of hydrogen-bond donors (Lipinski definition) is 3. The quantitative estimate of drug-likeness (QED) is 0.300. The monoisotopic (exact) mass is 662 g/mol. The molecule has 12 heteroatoms. The summed E-state index contributed by atoms with van der Waals surface area (Å²) >= 11 is 6.50. The maximum Gasteiger partial charge on any atom is 0.343 e. The molecule has 3 aliphatic heterocycles. The molecule has 3 aromatic rings. The summed E-state index contributed by atoms with van der Waals surface area (Å²) in [6, 6.07) is 13.8. The van der Waals surface area contributed by atoms with E-state index in [2.05, 4.69) is 20.3 Å². The Bertz CT molecular complexity index is 1590. The molecule has 1 aromatic heterocycles. The Morgan fingerprint density at radius 1 is 0.957 bits per heavy atom. The number of nitrogens with one attached hydrogen (secondary N) is 2. The summed E-state index contributed by atoms with van der Waals surface area (Å²) in [5.41, 5.74) is 9.27. The molecule has 3 fully saturated rings. The molecule has 0 unspecified atom stereocenters. The van der Waals surface area contributed by atoms with Crippen molar-refractivity contribution in [1.29, 1.82) is 0 Å². The third-order valence-corrected chi connectivity index (χ3v) is 10.5. The number of aryl methyl sites for hydroxylation is 1. The van der Waals surface area contributed by atoms with E-state index in [0.717, 1.165) is 62.1 Å². The second-order valence-corrected chi connectivity index (χ2v) is 13.6. The molecular formula is C35H47ClN8O3. The number of anilines is 1. The van der Waals surface area contributed by atoms with E-state index in [1.54, 1.807) is 0 Å². The van der Waals surface area contributed by atoms with E-state index in [9.17, 15) is 14.4 Å². The van der Waals surface area contributed by atoms with Gasteiger partial charge in [0.05, 0.1) is 22.7 Å². The van der Waals surface area contributed by atoms with E-state index >= 15 is 0 Å². The Kier molecular flexibility index (Phi) is 10.6. The molecule has 3 aliphatic rings. The Balaban J connectivity index is 1.12. The minimum Gasteiger partial charge on any atom is -0.397 e. The predicted molar refractivity (Wildman–Crippen MR) is 184 cm³/mol. The summed E-state index contributed by atoms with van der Waals surface area (Å²) in [5, 5.41) is 8.48. The van der Waals surface area contributed by atoms with Gasteiger partial charge in [-0.15, -0.1) is 5.10 Å². The number of halogens is 1. The van der Waals surface area contributed by atoms with Gasteiger partial charge in [0.15, 0.2) is 5.82 Å². The Hall–Kier alpha value is -3.67. The van der Waals surface area contributed by atoms with Crippen molar-refractivity contribution >= 4 is 29.1 Å². The molecule has 2 amide bonds. The molecule has 6 rings (SSSR count). The van der Waals surface area contributed by atoms with Gasteiger partial charge < -0.3 is 20.9 Å². The minimum absolute atomic E-state index is 0.0332. The number of nitrogens with two attached hydrogens (primary N) is 1. The summed E-state index contributed by atoms with van der Waals surface area (Å²) in [5.74, 6) is 0.0489. The van der Waals surface area contributed by atoms with E-state index in [4.69, 9.17) is 17.3 Å². The lowest BCUT2D eigenvalue weighted by atomic mass is 9.91. The van der Waals surface area contributed by atoms with Crippen molar-refractivity contribution in [2.45, 2.75) is 64.0 Å². The van der Waals surface area contributed by atoms with Crippen molar-refractivity contribution in [3.63, 3.8) is 0 Å². The van der Waals surface area contributed by atoms with Gasteiger partial charge in [0.25, 0.3) is 0 Å². The molecule has 11 nitrogen and oxygen atoms in total. The second-order valence-electron chi connectivity index (χ2n) is 13.2. The normalized spacial score (nSPS) is 19.2. The van der Waals surface area contributed by atoms with Crippen molar-refractivity contribution in [3.8, 4) is 11.4 Å². The van der Waals surface area contributed by atoms with Gasteiger partial charge in [-0.3, -0.25) is 19.5 Å². The summed E-state index contributed by atoms with van der Waals surface area (Å²) in [6.45, 7) is 8.58. The van der Waals surface area contributed by atoms with Gasteiger partial charge in [0.2, 0.25) is 11.8 Å². The average molecular weight is 663 g/mol. The van der Waals surface area contributed by atoms with Crippen molar-refractivity contribution in [2.75, 3.05) is 58.1 Å². The fourth-order valence-electron chi connectivity index (χ4n) is 7.45. The van der Waals surface area contributed by atoms with Crippen LogP contribution in [-0.4, -0.2) is 99.7 Å². The highest BCUT2D eigenvalue weighted by atomic mass is 35.5. The van der Waals surface area contributed by atoms with E-state index in [1.165, 1.54) is 4.68 Å². The van der Waals surface area contributed by atoms with Crippen LogP contribution in [-0.2, 0) is 22.4 Å². The Morgan fingerprint density at radius 2 is 1.62 bits per heavy atom. The van der Waals surface area contributed by atoms with Crippen LogP contribution in [0.1, 0.15) is 56.2 Å². The number of aromatic amines is 1. The highest BCUT2D eigenvalue weighted by molar-refractivity contribution is 6.33. The first-order chi connectivity index (χ1) is 22.8. The van der Waals surface area contributed by atoms with Crippen LogP contribution in [0, 0.1) is 5.92 Å². The molecule has 0 spiro atoms. The van der Waals surface area contributed by atoms with Crippen LogP contribution >= 0.6 is 11.6 Å². The number of hydrogen-bond acceptors (Lipinski definition) is 7. The first kappa shape index (κ1) is 33.2. The standard InChI is InChI=1S/C35H47ClN8O3/c1-2-25-20-24(22-30(36)32(25)37)21-27(34(46)43-16-8-28(9-17-43)41-18-12-38-13-19-41)23-31(45)42-14-10-29(11-15-42)44-35(47)39-33(40-44)26-6-4-3-5-7-26/h3-7,20,22,27-29,38H,2,8-19,21,23,37H2,1H3,(H,39,40,47)/t27-/m0/s1. The summed E-state index contributed by atoms with van der Waals surface area (Å²) < 4.78 is 1.52. The molecular weight excluding hydrogens is 616 g/mol. The lowest BCUT2D eigenvalue weighted by Gasteiger charge is -2.41. The number of aromatic nitrogens is 3.